The van der Waals surface area contributed by atoms with E-state index in [-0.39, 0.29) is 0 Å². The number of rotatable bonds is 4. The number of aromatic nitrogens is 3. The van der Waals surface area contributed by atoms with Gasteiger partial charge in [-0.1, -0.05) is 5.16 Å². The highest BCUT2D eigenvalue weighted by molar-refractivity contribution is 5.86. The van der Waals surface area contributed by atoms with Crippen molar-refractivity contribution in [2.75, 3.05) is 13.7 Å². The molecule has 2 heterocycles. The fraction of sp³-hybridized carbons (Fsp3) is 0.267. The van der Waals surface area contributed by atoms with E-state index in [1.54, 1.807) is 14.0 Å². The maximum Gasteiger partial charge on any atom is 0.225 e. The average molecular weight is 285 g/mol. The summed E-state index contributed by atoms with van der Waals surface area (Å²) < 4.78 is 15.9. The summed E-state index contributed by atoms with van der Waals surface area (Å²) in [4.78, 5) is 8.77. The van der Waals surface area contributed by atoms with Gasteiger partial charge in [-0.2, -0.15) is 4.98 Å². The minimum atomic E-state index is 0.466. The van der Waals surface area contributed by atoms with E-state index in [0.717, 1.165) is 16.7 Å². The molecular formula is C15H15N3O3. The Bertz CT molecular complexity index is 783. The summed E-state index contributed by atoms with van der Waals surface area (Å²) in [6, 6.07) is 7.60. The molecule has 0 saturated carbocycles. The van der Waals surface area contributed by atoms with Gasteiger partial charge in [0.2, 0.25) is 17.6 Å². The van der Waals surface area contributed by atoms with Crippen molar-refractivity contribution >= 4 is 10.9 Å². The number of fused-ring (bicyclic) bond motifs is 1. The topological polar surface area (TPSA) is 70.3 Å². The largest absolute Gasteiger partial charge is 0.497 e. The zero-order valence-corrected chi connectivity index (χ0v) is 12.1. The molecule has 3 aromatic rings. The van der Waals surface area contributed by atoms with E-state index in [1.807, 2.05) is 31.2 Å². The summed E-state index contributed by atoms with van der Waals surface area (Å²) in [6.45, 7) is 4.16. The molecule has 108 valence electrons. The van der Waals surface area contributed by atoms with Gasteiger partial charge < -0.3 is 14.0 Å². The van der Waals surface area contributed by atoms with Gasteiger partial charge in [0, 0.05) is 12.3 Å². The second-order valence-electron chi connectivity index (χ2n) is 4.47. The molecule has 0 N–H and O–H groups in total. The maximum atomic E-state index is 5.60. The SMILES string of the molecule is CCOc1nc2ccc(OC)cc2cc1-c1noc(C)n1. The number of pyridine rings is 1. The third-order valence-electron chi connectivity index (χ3n) is 3.04. The smallest absolute Gasteiger partial charge is 0.225 e. The van der Waals surface area contributed by atoms with Gasteiger partial charge in [-0.25, -0.2) is 4.98 Å². The van der Waals surface area contributed by atoms with Crippen molar-refractivity contribution in [3.63, 3.8) is 0 Å². The van der Waals surface area contributed by atoms with Gasteiger partial charge in [-0.3, -0.25) is 0 Å². The van der Waals surface area contributed by atoms with Crippen molar-refractivity contribution in [3.8, 4) is 23.0 Å². The van der Waals surface area contributed by atoms with Gasteiger partial charge in [-0.05, 0) is 31.2 Å². The molecule has 0 bridgehead atoms. The van der Waals surface area contributed by atoms with Crippen molar-refractivity contribution in [3.05, 3.63) is 30.2 Å². The molecular weight excluding hydrogens is 270 g/mol. The van der Waals surface area contributed by atoms with Crippen LogP contribution in [0.4, 0.5) is 0 Å². The van der Waals surface area contributed by atoms with Gasteiger partial charge in [-0.15, -0.1) is 0 Å². The fourth-order valence-electron chi connectivity index (χ4n) is 2.08. The average Bonchev–Trinajstić information content (AvgIpc) is 2.93. The van der Waals surface area contributed by atoms with Gasteiger partial charge in [0.1, 0.15) is 5.75 Å². The number of hydrogen-bond donors (Lipinski definition) is 0. The molecule has 0 amide bonds. The predicted molar refractivity (Wildman–Crippen MR) is 77.5 cm³/mol. The molecule has 6 nitrogen and oxygen atoms in total. The summed E-state index contributed by atoms with van der Waals surface area (Å²) in [6.07, 6.45) is 0. The predicted octanol–water partition coefficient (Wildman–Crippen LogP) is 3.00. The molecule has 2 aromatic heterocycles. The second-order valence-corrected chi connectivity index (χ2v) is 4.47. The number of nitrogens with zero attached hydrogens (tertiary/aromatic N) is 3. The van der Waals surface area contributed by atoms with E-state index >= 15 is 0 Å². The highest BCUT2D eigenvalue weighted by Crippen LogP contribution is 2.31. The van der Waals surface area contributed by atoms with Crippen LogP contribution in [0.1, 0.15) is 12.8 Å². The lowest BCUT2D eigenvalue weighted by Crippen LogP contribution is -1.98. The fourth-order valence-corrected chi connectivity index (χ4v) is 2.08. The summed E-state index contributed by atoms with van der Waals surface area (Å²) in [5, 5.41) is 4.87. The molecule has 0 atom stereocenters. The van der Waals surface area contributed by atoms with E-state index in [0.29, 0.717) is 29.8 Å². The number of aryl methyl sites for hydroxylation is 1. The molecule has 0 unspecified atom stereocenters. The quantitative estimate of drug-likeness (QED) is 0.734. The first-order valence-corrected chi connectivity index (χ1v) is 6.63. The Hall–Kier alpha value is -2.63. The third-order valence-corrected chi connectivity index (χ3v) is 3.04. The molecule has 0 aliphatic heterocycles. The van der Waals surface area contributed by atoms with Crippen LogP contribution in [0.25, 0.3) is 22.3 Å². The molecule has 0 aliphatic rings. The van der Waals surface area contributed by atoms with E-state index in [4.69, 9.17) is 14.0 Å². The second kappa shape index (κ2) is 5.40. The van der Waals surface area contributed by atoms with Gasteiger partial charge in [0.25, 0.3) is 0 Å². The molecule has 0 saturated heterocycles. The summed E-state index contributed by atoms with van der Waals surface area (Å²) in [7, 11) is 1.63. The molecule has 21 heavy (non-hydrogen) atoms. The van der Waals surface area contributed by atoms with Gasteiger partial charge in [0.15, 0.2) is 0 Å². The first-order valence-electron chi connectivity index (χ1n) is 6.63. The Labute approximate surface area is 121 Å². The lowest BCUT2D eigenvalue weighted by atomic mass is 10.1. The number of ether oxygens (including phenoxy) is 2. The molecule has 1 aromatic carbocycles. The summed E-state index contributed by atoms with van der Waals surface area (Å²) in [5.74, 6) is 2.23. The van der Waals surface area contributed by atoms with Gasteiger partial charge >= 0.3 is 0 Å². The van der Waals surface area contributed by atoms with Crippen molar-refractivity contribution in [2.24, 2.45) is 0 Å². The first kappa shape index (κ1) is 13.4. The van der Waals surface area contributed by atoms with E-state index < -0.39 is 0 Å². The van der Waals surface area contributed by atoms with Crippen molar-refractivity contribution < 1.29 is 14.0 Å². The third kappa shape index (κ3) is 2.52. The van der Waals surface area contributed by atoms with Crippen LogP contribution in [0.3, 0.4) is 0 Å². The zero-order chi connectivity index (χ0) is 14.8. The Kier molecular flexibility index (Phi) is 3.43. The lowest BCUT2D eigenvalue weighted by molar-refractivity contribution is 0.329. The monoisotopic (exact) mass is 285 g/mol. The Morgan fingerprint density at radius 1 is 1.19 bits per heavy atom. The van der Waals surface area contributed by atoms with Crippen molar-refractivity contribution in [2.45, 2.75) is 13.8 Å². The minimum absolute atomic E-state index is 0.466. The van der Waals surface area contributed by atoms with Crippen LogP contribution < -0.4 is 9.47 Å². The van der Waals surface area contributed by atoms with Crippen LogP contribution in [0, 0.1) is 6.92 Å². The lowest BCUT2D eigenvalue weighted by Gasteiger charge is -2.09. The van der Waals surface area contributed by atoms with Crippen LogP contribution >= 0.6 is 0 Å². The molecule has 0 spiro atoms. The molecule has 0 aliphatic carbocycles. The van der Waals surface area contributed by atoms with Crippen LogP contribution in [-0.2, 0) is 0 Å². The summed E-state index contributed by atoms with van der Waals surface area (Å²) in [5.41, 5.74) is 1.53. The number of methoxy groups -OCH3 is 1. The van der Waals surface area contributed by atoms with Crippen LogP contribution in [0.15, 0.2) is 28.8 Å². The maximum absolute atomic E-state index is 5.60. The highest BCUT2D eigenvalue weighted by atomic mass is 16.5. The zero-order valence-electron chi connectivity index (χ0n) is 12.1. The summed E-state index contributed by atoms with van der Waals surface area (Å²) >= 11 is 0. The van der Waals surface area contributed by atoms with E-state index in [2.05, 4.69) is 15.1 Å². The van der Waals surface area contributed by atoms with E-state index in [1.165, 1.54) is 0 Å². The molecule has 0 fully saturated rings. The van der Waals surface area contributed by atoms with E-state index in [9.17, 15) is 0 Å². The first-order chi connectivity index (χ1) is 10.2. The standard InChI is InChI=1S/C15H15N3O3/c1-4-20-15-12(14-16-9(2)21-18-14)8-10-7-11(19-3)5-6-13(10)17-15/h5-8H,4H2,1-3H3. The normalized spacial score (nSPS) is 10.8. The molecule has 3 rings (SSSR count). The van der Waals surface area contributed by atoms with Crippen LogP contribution in [0.5, 0.6) is 11.6 Å². The number of hydrogen-bond acceptors (Lipinski definition) is 6. The highest BCUT2D eigenvalue weighted by Gasteiger charge is 2.15. The minimum Gasteiger partial charge on any atom is -0.497 e. The van der Waals surface area contributed by atoms with Crippen molar-refractivity contribution in [1.29, 1.82) is 0 Å². The molecule has 6 heteroatoms. The van der Waals surface area contributed by atoms with Crippen LogP contribution in [-0.4, -0.2) is 28.8 Å². The van der Waals surface area contributed by atoms with Crippen LogP contribution in [0.2, 0.25) is 0 Å². The Morgan fingerprint density at radius 2 is 2.05 bits per heavy atom. The number of benzene rings is 1. The van der Waals surface area contributed by atoms with Crippen molar-refractivity contribution in [1.82, 2.24) is 15.1 Å². The Balaban J connectivity index is 2.21. The Morgan fingerprint density at radius 3 is 2.71 bits per heavy atom. The van der Waals surface area contributed by atoms with Gasteiger partial charge in [0.05, 0.1) is 24.8 Å². The molecule has 0 radical (unpaired) electrons.